The lowest BCUT2D eigenvalue weighted by atomic mass is 10.0. The number of rotatable bonds is 1. The molecule has 0 bridgehead atoms. The fraction of sp³-hybridized carbons (Fsp3) is 0.571. The lowest BCUT2D eigenvalue weighted by Crippen LogP contribution is -2.11. The van der Waals surface area contributed by atoms with Crippen LogP contribution in [0.25, 0.3) is 0 Å². The smallest absolute Gasteiger partial charge is 0.310 e. The van der Waals surface area contributed by atoms with E-state index in [1.807, 2.05) is 0 Å². The van der Waals surface area contributed by atoms with Gasteiger partial charge in [-0.05, 0) is 31.0 Å². The summed E-state index contributed by atoms with van der Waals surface area (Å²) in [5.41, 5.74) is 6.12. The first kappa shape index (κ1) is 7.12. The molecule has 0 aromatic rings. The summed E-state index contributed by atoms with van der Waals surface area (Å²) < 4.78 is 0. The molecule has 1 atom stereocenters. The van der Waals surface area contributed by atoms with E-state index in [0.29, 0.717) is 0 Å². The van der Waals surface area contributed by atoms with Gasteiger partial charge in [0.05, 0.1) is 5.92 Å². The van der Waals surface area contributed by atoms with Crippen molar-refractivity contribution < 1.29 is 9.90 Å². The summed E-state index contributed by atoms with van der Waals surface area (Å²) in [6.07, 6.45) is 4.00. The highest BCUT2D eigenvalue weighted by Crippen LogP contribution is 2.29. The SMILES string of the molecule is N/C=C1\CCCC1C(=O)O. The van der Waals surface area contributed by atoms with Crippen molar-refractivity contribution in [1.82, 2.24) is 0 Å². The summed E-state index contributed by atoms with van der Waals surface area (Å²) >= 11 is 0. The van der Waals surface area contributed by atoms with Crippen LogP contribution in [-0.2, 0) is 4.79 Å². The summed E-state index contributed by atoms with van der Waals surface area (Å²) in [7, 11) is 0. The summed E-state index contributed by atoms with van der Waals surface area (Å²) in [6.45, 7) is 0. The van der Waals surface area contributed by atoms with Crippen molar-refractivity contribution in [1.29, 1.82) is 0 Å². The van der Waals surface area contributed by atoms with Gasteiger partial charge in [-0.1, -0.05) is 0 Å². The quantitative estimate of drug-likeness (QED) is 0.565. The third kappa shape index (κ3) is 1.12. The zero-order valence-corrected chi connectivity index (χ0v) is 5.71. The summed E-state index contributed by atoms with van der Waals surface area (Å²) in [5.74, 6) is -1.04. The highest BCUT2D eigenvalue weighted by molar-refractivity contribution is 5.74. The molecule has 3 nitrogen and oxygen atoms in total. The Bertz CT molecular complexity index is 174. The monoisotopic (exact) mass is 141 g/mol. The Hall–Kier alpha value is -0.990. The molecule has 0 aromatic heterocycles. The molecule has 1 saturated carbocycles. The first-order valence-electron chi connectivity index (χ1n) is 3.39. The molecule has 3 heteroatoms. The minimum absolute atomic E-state index is 0.301. The average Bonchev–Trinajstić information content (AvgIpc) is 2.33. The van der Waals surface area contributed by atoms with E-state index in [9.17, 15) is 4.79 Å². The number of nitrogens with two attached hydrogens (primary N) is 1. The van der Waals surface area contributed by atoms with Gasteiger partial charge in [-0.2, -0.15) is 0 Å². The van der Waals surface area contributed by atoms with Crippen LogP contribution in [0.5, 0.6) is 0 Å². The summed E-state index contributed by atoms with van der Waals surface area (Å²) in [6, 6.07) is 0. The maximum Gasteiger partial charge on any atom is 0.310 e. The van der Waals surface area contributed by atoms with Crippen LogP contribution in [0.4, 0.5) is 0 Å². The van der Waals surface area contributed by atoms with Crippen molar-refractivity contribution in [2.45, 2.75) is 19.3 Å². The van der Waals surface area contributed by atoms with Crippen molar-refractivity contribution in [3.8, 4) is 0 Å². The first-order valence-corrected chi connectivity index (χ1v) is 3.39. The Morgan fingerprint density at radius 2 is 2.50 bits per heavy atom. The Morgan fingerprint density at radius 3 is 2.90 bits per heavy atom. The third-order valence-corrected chi connectivity index (χ3v) is 1.92. The van der Waals surface area contributed by atoms with Gasteiger partial charge in [0.1, 0.15) is 0 Å². The van der Waals surface area contributed by atoms with E-state index < -0.39 is 5.97 Å². The van der Waals surface area contributed by atoms with Crippen LogP contribution in [0.2, 0.25) is 0 Å². The van der Waals surface area contributed by atoms with Crippen LogP contribution in [0.15, 0.2) is 11.8 Å². The van der Waals surface area contributed by atoms with Gasteiger partial charge in [0.15, 0.2) is 0 Å². The van der Waals surface area contributed by atoms with Gasteiger partial charge in [0, 0.05) is 0 Å². The normalized spacial score (nSPS) is 29.2. The molecular weight excluding hydrogens is 130 g/mol. The van der Waals surface area contributed by atoms with Crippen molar-refractivity contribution in [3.63, 3.8) is 0 Å². The fourth-order valence-electron chi connectivity index (χ4n) is 1.35. The van der Waals surface area contributed by atoms with E-state index in [-0.39, 0.29) is 5.92 Å². The second-order valence-corrected chi connectivity index (χ2v) is 2.52. The minimum Gasteiger partial charge on any atom is -0.481 e. The van der Waals surface area contributed by atoms with Crippen LogP contribution in [0, 0.1) is 5.92 Å². The molecule has 0 aliphatic heterocycles. The van der Waals surface area contributed by atoms with Gasteiger partial charge in [-0.15, -0.1) is 0 Å². The molecule has 0 spiro atoms. The maximum atomic E-state index is 10.5. The second kappa shape index (κ2) is 2.73. The van der Waals surface area contributed by atoms with Crippen molar-refractivity contribution in [3.05, 3.63) is 11.8 Å². The summed E-state index contributed by atoms with van der Waals surface area (Å²) in [5, 5.41) is 8.62. The number of carboxylic acids is 1. The Morgan fingerprint density at radius 1 is 1.80 bits per heavy atom. The van der Waals surface area contributed by atoms with E-state index in [1.165, 1.54) is 6.20 Å². The molecule has 0 heterocycles. The maximum absolute atomic E-state index is 10.5. The van der Waals surface area contributed by atoms with Gasteiger partial charge in [0.25, 0.3) is 0 Å². The number of hydrogen-bond donors (Lipinski definition) is 2. The number of carboxylic acid groups (broad SMARTS) is 1. The first-order chi connectivity index (χ1) is 4.75. The molecule has 0 amide bonds. The molecule has 3 N–H and O–H groups in total. The van der Waals surface area contributed by atoms with Gasteiger partial charge in [-0.3, -0.25) is 4.79 Å². The molecule has 0 saturated heterocycles. The van der Waals surface area contributed by atoms with Crippen LogP contribution in [0.1, 0.15) is 19.3 Å². The molecule has 10 heavy (non-hydrogen) atoms. The van der Waals surface area contributed by atoms with Crippen LogP contribution in [0.3, 0.4) is 0 Å². The number of carbonyl (C=O) groups is 1. The van der Waals surface area contributed by atoms with Crippen LogP contribution < -0.4 is 5.73 Å². The Kier molecular flexibility index (Phi) is 1.94. The predicted molar refractivity (Wildman–Crippen MR) is 37.2 cm³/mol. The zero-order valence-electron chi connectivity index (χ0n) is 5.71. The zero-order chi connectivity index (χ0) is 7.56. The summed E-state index contributed by atoms with van der Waals surface area (Å²) in [4.78, 5) is 10.5. The molecule has 1 rings (SSSR count). The number of aliphatic carboxylic acids is 1. The lowest BCUT2D eigenvalue weighted by molar-refractivity contribution is -0.140. The highest BCUT2D eigenvalue weighted by atomic mass is 16.4. The van der Waals surface area contributed by atoms with E-state index in [0.717, 1.165) is 24.8 Å². The molecule has 0 aromatic carbocycles. The molecule has 1 aliphatic carbocycles. The third-order valence-electron chi connectivity index (χ3n) is 1.92. The lowest BCUT2D eigenvalue weighted by Gasteiger charge is -2.02. The van der Waals surface area contributed by atoms with Gasteiger partial charge in [0.2, 0.25) is 0 Å². The van der Waals surface area contributed by atoms with E-state index in [1.54, 1.807) is 0 Å². The van der Waals surface area contributed by atoms with Crippen molar-refractivity contribution >= 4 is 5.97 Å². The van der Waals surface area contributed by atoms with Gasteiger partial charge >= 0.3 is 5.97 Å². The Balaban J connectivity index is 2.68. The van der Waals surface area contributed by atoms with E-state index in [2.05, 4.69) is 0 Å². The van der Waals surface area contributed by atoms with Crippen LogP contribution >= 0.6 is 0 Å². The molecule has 1 fully saturated rings. The topological polar surface area (TPSA) is 63.3 Å². The van der Waals surface area contributed by atoms with Gasteiger partial charge < -0.3 is 10.8 Å². The predicted octanol–water partition coefficient (Wildman–Crippen LogP) is 0.714. The van der Waals surface area contributed by atoms with E-state index in [4.69, 9.17) is 10.8 Å². The highest BCUT2D eigenvalue weighted by Gasteiger charge is 2.26. The molecule has 1 aliphatic rings. The molecule has 0 radical (unpaired) electrons. The fourth-order valence-corrected chi connectivity index (χ4v) is 1.35. The Labute approximate surface area is 59.5 Å². The molecule has 1 unspecified atom stereocenters. The second-order valence-electron chi connectivity index (χ2n) is 2.52. The van der Waals surface area contributed by atoms with Crippen molar-refractivity contribution in [2.75, 3.05) is 0 Å². The van der Waals surface area contributed by atoms with E-state index >= 15 is 0 Å². The van der Waals surface area contributed by atoms with Crippen molar-refractivity contribution in [2.24, 2.45) is 11.7 Å². The minimum atomic E-state index is -0.741. The number of hydrogen-bond acceptors (Lipinski definition) is 2. The molecule has 56 valence electrons. The standard InChI is InChI=1S/C7H11NO2/c8-4-5-2-1-3-6(5)7(9)10/h4,6H,1-3,8H2,(H,9,10)/b5-4+. The largest absolute Gasteiger partial charge is 0.481 e. The molecular formula is C7H11NO2. The average molecular weight is 141 g/mol. The van der Waals surface area contributed by atoms with Gasteiger partial charge in [-0.25, -0.2) is 0 Å². The van der Waals surface area contributed by atoms with Crippen LogP contribution in [-0.4, -0.2) is 11.1 Å².